The monoisotopic (exact) mass is 469 g/mol. The Morgan fingerprint density at radius 2 is 2.07 bits per heavy atom. The molecule has 0 aliphatic carbocycles. The first-order valence-electron chi connectivity index (χ1n) is 9.78. The highest BCUT2D eigenvalue weighted by Crippen LogP contribution is 2.36. The van der Waals surface area contributed by atoms with Gasteiger partial charge in [-0.15, -0.1) is 12.4 Å². The minimum atomic E-state index is -0.140. The Hall–Kier alpha value is -1.71. The summed E-state index contributed by atoms with van der Waals surface area (Å²) in [4.78, 5) is 22.1. The van der Waals surface area contributed by atoms with Crippen LogP contribution in [-0.2, 0) is 11.3 Å². The van der Waals surface area contributed by atoms with Crippen LogP contribution in [0.5, 0.6) is 0 Å². The summed E-state index contributed by atoms with van der Waals surface area (Å²) >= 11 is 7.85. The second-order valence-electron chi connectivity index (χ2n) is 7.01. The third-order valence-corrected chi connectivity index (χ3v) is 6.63. The topological polar surface area (TPSA) is 63.5 Å². The SMILES string of the molecule is CCn1ccc(C(=O)N(CCN2CCOCC2)c2nc3c(C)ccc(Cl)c3s2)n1.Cl. The lowest BCUT2D eigenvalue weighted by atomic mass is 10.2. The maximum atomic E-state index is 13.3. The molecule has 3 aromatic rings. The Kier molecular flexibility index (Phi) is 7.70. The summed E-state index contributed by atoms with van der Waals surface area (Å²) in [5, 5.41) is 5.71. The molecule has 1 aromatic carbocycles. The lowest BCUT2D eigenvalue weighted by Crippen LogP contribution is -2.43. The average molecular weight is 470 g/mol. The van der Waals surface area contributed by atoms with Gasteiger partial charge in [0.2, 0.25) is 0 Å². The minimum absolute atomic E-state index is 0. The van der Waals surface area contributed by atoms with Crippen molar-refractivity contribution in [2.75, 3.05) is 44.3 Å². The molecule has 3 heterocycles. The van der Waals surface area contributed by atoms with Crippen molar-refractivity contribution in [3.8, 4) is 0 Å². The molecule has 4 rings (SSSR count). The van der Waals surface area contributed by atoms with Crippen LogP contribution >= 0.6 is 35.3 Å². The number of thiazole rings is 1. The van der Waals surface area contributed by atoms with Crippen molar-refractivity contribution in [3.63, 3.8) is 0 Å². The summed E-state index contributed by atoms with van der Waals surface area (Å²) < 4.78 is 8.09. The molecular formula is C20H25Cl2N5O2S. The molecule has 1 aliphatic heterocycles. The molecule has 0 radical (unpaired) electrons. The molecule has 30 heavy (non-hydrogen) atoms. The zero-order valence-electron chi connectivity index (χ0n) is 17.0. The minimum Gasteiger partial charge on any atom is -0.379 e. The van der Waals surface area contributed by atoms with E-state index in [1.807, 2.05) is 32.2 Å². The average Bonchev–Trinajstić information content (AvgIpc) is 3.40. The van der Waals surface area contributed by atoms with E-state index >= 15 is 0 Å². The van der Waals surface area contributed by atoms with Crippen molar-refractivity contribution in [2.45, 2.75) is 20.4 Å². The van der Waals surface area contributed by atoms with E-state index in [4.69, 9.17) is 21.3 Å². The van der Waals surface area contributed by atoms with Gasteiger partial charge in [-0.05, 0) is 31.5 Å². The molecular weight excluding hydrogens is 445 g/mol. The van der Waals surface area contributed by atoms with E-state index < -0.39 is 0 Å². The first-order valence-corrected chi connectivity index (χ1v) is 11.0. The number of carbonyl (C=O) groups excluding carboxylic acids is 1. The van der Waals surface area contributed by atoms with Crippen molar-refractivity contribution in [3.05, 3.63) is 40.7 Å². The highest BCUT2D eigenvalue weighted by Gasteiger charge is 2.25. The Balaban J connectivity index is 0.00000256. The number of hydrogen-bond donors (Lipinski definition) is 0. The van der Waals surface area contributed by atoms with Crippen molar-refractivity contribution < 1.29 is 9.53 Å². The van der Waals surface area contributed by atoms with E-state index in [-0.39, 0.29) is 18.3 Å². The number of benzene rings is 1. The number of fused-ring (bicyclic) bond motifs is 1. The van der Waals surface area contributed by atoms with E-state index in [0.717, 1.165) is 55.2 Å². The Morgan fingerprint density at radius 3 is 2.73 bits per heavy atom. The summed E-state index contributed by atoms with van der Waals surface area (Å²) in [5.74, 6) is -0.140. The van der Waals surface area contributed by atoms with Crippen molar-refractivity contribution >= 4 is 56.6 Å². The number of amides is 1. The molecule has 0 atom stereocenters. The molecule has 1 aliphatic rings. The van der Waals surface area contributed by atoms with Gasteiger partial charge < -0.3 is 4.74 Å². The highest BCUT2D eigenvalue weighted by atomic mass is 35.5. The molecule has 0 N–H and O–H groups in total. The zero-order chi connectivity index (χ0) is 20.4. The van der Waals surface area contributed by atoms with E-state index in [1.54, 1.807) is 15.6 Å². The molecule has 0 spiro atoms. The van der Waals surface area contributed by atoms with Crippen LogP contribution in [0.4, 0.5) is 5.13 Å². The van der Waals surface area contributed by atoms with Crippen LogP contribution in [0, 0.1) is 6.92 Å². The number of rotatable bonds is 6. The number of anilines is 1. The fraction of sp³-hybridized carbons (Fsp3) is 0.450. The third kappa shape index (κ3) is 4.78. The largest absolute Gasteiger partial charge is 0.379 e. The molecule has 1 amide bonds. The quantitative estimate of drug-likeness (QED) is 0.547. The predicted octanol–water partition coefficient (Wildman–Crippen LogP) is 3.88. The molecule has 0 saturated carbocycles. The lowest BCUT2D eigenvalue weighted by molar-refractivity contribution is 0.0391. The molecule has 162 valence electrons. The smallest absolute Gasteiger partial charge is 0.280 e. The standard InChI is InChI=1S/C20H24ClN5O2S.ClH/c1-3-25-7-6-16(23-25)19(27)26(9-8-24-10-12-28-13-11-24)20-22-17-14(2)4-5-15(21)18(17)29-20;/h4-7H,3,8-13H2,1-2H3;1H. The van der Waals surface area contributed by atoms with Gasteiger partial charge in [0.05, 0.1) is 28.5 Å². The van der Waals surface area contributed by atoms with Crippen molar-refractivity contribution in [1.29, 1.82) is 0 Å². The number of halogens is 2. The maximum absolute atomic E-state index is 13.3. The van der Waals surface area contributed by atoms with Gasteiger partial charge in [0.15, 0.2) is 10.8 Å². The van der Waals surface area contributed by atoms with Crippen LogP contribution in [0.1, 0.15) is 23.0 Å². The number of hydrogen-bond acceptors (Lipinski definition) is 6. The van der Waals surface area contributed by atoms with Crippen LogP contribution < -0.4 is 4.90 Å². The summed E-state index contributed by atoms with van der Waals surface area (Å²) in [6.45, 7) is 9.21. The summed E-state index contributed by atoms with van der Waals surface area (Å²) in [5.41, 5.74) is 2.32. The molecule has 10 heteroatoms. The number of morpholine rings is 1. The van der Waals surface area contributed by atoms with E-state index in [2.05, 4.69) is 10.00 Å². The Labute approximate surface area is 191 Å². The third-order valence-electron chi connectivity index (χ3n) is 5.09. The number of aromatic nitrogens is 3. The Bertz CT molecular complexity index is 977. The van der Waals surface area contributed by atoms with Gasteiger partial charge in [0, 0.05) is 38.9 Å². The molecule has 7 nitrogen and oxygen atoms in total. The van der Waals surface area contributed by atoms with Gasteiger partial charge in [-0.1, -0.05) is 29.0 Å². The van der Waals surface area contributed by atoms with Crippen LogP contribution in [0.15, 0.2) is 24.4 Å². The van der Waals surface area contributed by atoms with Gasteiger partial charge in [0.1, 0.15) is 0 Å². The zero-order valence-corrected chi connectivity index (χ0v) is 19.4. The van der Waals surface area contributed by atoms with Gasteiger partial charge >= 0.3 is 0 Å². The molecule has 1 fully saturated rings. The highest BCUT2D eigenvalue weighted by molar-refractivity contribution is 7.23. The van der Waals surface area contributed by atoms with Gasteiger partial charge in [-0.2, -0.15) is 5.10 Å². The first kappa shape index (κ1) is 23.0. The fourth-order valence-electron chi connectivity index (χ4n) is 3.35. The summed E-state index contributed by atoms with van der Waals surface area (Å²) in [6, 6.07) is 5.60. The van der Waals surface area contributed by atoms with Crippen LogP contribution in [0.2, 0.25) is 5.02 Å². The van der Waals surface area contributed by atoms with E-state index in [0.29, 0.717) is 22.4 Å². The fourth-order valence-corrected chi connectivity index (χ4v) is 4.69. The molecule has 0 unspecified atom stereocenters. The number of aryl methyl sites for hydroxylation is 2. The second-order valence-corrected chi connectivity index (χ2v) is 8.39. The van der Waals surface area contributed by atoms with Crippen LogP contribution in [-0.4, -0.2) is 65.0 Å². The van der Waals surface area contributed by atoms with Crippen LogP contribution in [0.3, 0.4) is 0 Å². The van der Waals surface area contributed by atoms with Crippen molar-refractivity contribution in [2.24, 2.45) is 0 Å². The number of nitrogens with zero attached hydrogens (tertiary/aromatic N) is 5. The second kappa shape index (κ2) is 10.1. The lowest BCUT2D eigenvalue weighted by Gasteiger charge is -2.29. The van der Waals surface area contributed by atoms with Gasteiger partial charge in [-0.3, -0.25) is 19.3 Å². The number of carbonyl (C=O) groups is 1. The van der Waals surface area contributed by atoms with E-state index in [9.17, 15) is 4.79 Å². The first-order chi connectivity index (χ1) is 14.1. The van der Waals surface area contributed by atoms with E-state index in [1.165, 1.54) is 11.3 Å². The normalized spacial score (nSPS) is 14.6. The Morgan fingerprint density at radius 1 is 1.30 bits per heavy atom. The molecule has 2 aromatic heterocycles. The molecule has 0 bridgehead atoms. The summed E-state index contributed by atoms with van der Waals surface area (Å²) in [6.07, 6.45) is 1.83. The van der Waals surface area contributed by atoms with Gasteiger partial charge in [-0.25, -0.2) is 4.98 Å². The predicted molar refractivity (Wildman–Crippen MR) is 123 cm³/mol. The maximum Gasteiger partial charge on any atom is 0.280 e. The summed E-state index contributed by atoms with van der Waals surface area (Å²) in [7, 11) is 0. The van der Waals surface area contributed by atoms with Gasteiger partial charge in [0.25, 0.3) is 5.91 Å². The molecule has 1 saturated heterocycles. The number of ether oxygens (including phenoxy) is 1. The van der Waals surface area contributed by atoms with Crippen molar-refractivity contribution in [1.82, 2.24) is 19.7 Å². The van der Waals surface area contributed by atoms with Crippen LogP contribution in [0.25, 0.3) is 10.2 Å².